The molecule has 0 radical (unpaired) electrons. The van der Waals surface area contributed by atoms with Crippen LogP contribution in [0.25, 0.3) is 22.2 Å². The average Bonchev–Trinajstić information content (AvgIpc) is 3.83. The smallest absolute Gasteiger partial charge is 0.407 e. The molecule has 0 saturated heterocycles. The molecule has 2 aliphatic carbocycles. The Bertz CT molecular complexity index is 2140. The first-order chi connectivity index (χ1) is 25.1. The van der Waals surface area contributed by atoms with Gasteiger partial charge in [0.05, 0.1) is 15.9 Å². The summed E-state index contributed by atoms with van der Waals surface area (Å²) < 4.78 is 33.5. The number of anilines is 1. The highest BCUT2D eigenvalue weighted by atomic mass is 32.2. The lowest BCUT2D eigenvalue weighted by Crippen LogP contribution is -2.48. The number of hydrogen-bond acceptors (Lipinski definition) is 7. The van der Waals surface area contributed by atoms with Gasteiger partial charge in [-0.05, 0) is 125 Å². The Labute approximate surface area is 309 Å². The van der Waals surface area contributed by atoms with Crippen LogP contribution in [0.5, 0.6) is 0 Å². The van der Waals surface area contributed by atoms with Gasteiger partial charge in [-0.15, -0.1) is 0 Å². The standard InChI is InChI=1S/C39H48N6O7S/c1-23-19-30(53(50,51)45-28-13-14-28)16-17-31(23)26-9-5-24(6-10-26)20-34(36(47)41-29-15-18-32-33(21-29)44-37(48)43-32)42-35(46)27-11-7-25(8-12-27)22-40-38(49)52-39(2,3)4/h5-6,9-10,15-19,21,25,27-28,34,45H,7-8,11-14,20,22H2,1-4H3,(H,40,49)(H,41,47)(H,42,46)(H2,43,44,48)/t25-,27-,34-/m0/s1. The summed E-state index contributed by atoms with van der Waals surface area (Å²) in [5.41, 5.74) is 4.11. The number of nitrogens with one attached hydrogen (secondary N) is 6. The molecular formula is C39H48N6O7S. The lowest BCUT2D eigenvalue weighted by Gasteiger charge is -2.29. The Hall–Kier alpha value is -4.95. The summed E-state index contributed by atoms with van der Waals surface area (Å²) >= 11 is 0. The summed E-state index contributed by atoms with van der Waals surface area (Å²) in [7, 11) is -3.57. The zero-order chi connectivity index (χ0) is 37.9. The molecule has 13 nitrogen and oxygen atoms in total. The second-order valence-corrected chi connectivity index (χ2v) is 17.0. The number of aromatic amines is 2. The number of imidazole rings is 1. The molecule has 0 aliphatic heterocycles. The zero-order valence-corrected chi connectivity index (χ0v) is 31.3. The van der Waals surface area contributed by atoms with Crippen molar-refractivity contribution >= 4 is 44.7 Å². The van der Waals surface area contributed by atoms with Gasteiger partial charge in [-0.2, -0.15) is 0 Å². The van der Waals surface area contributed by atoms with Crippen LogP contribution >= 0.6 is 0 Å². The molecule has 282 valence electrons. The molecule has 2 fully saturated rings. The maximum atomic E-state index is 13.8. The molecule has 3 aromatic carbocycles. The van der Waals surface area contributed by atoms with Crippen LogP contribution in [0.4, 0.5) is 10.5 Å². The monoisotopic (exact) mass is 744 g/mol. The van der Waals surface area contributed by atoms with E-state index in [0.29, 0.717) is 36.1 Å². The maximum Gasteiger partial charge on any atom is 0.407 e. The number of benzene rings is 3. The van der Waals surface area contributed by atoms with Crippen molar-refractivity contribution in [1.82, 2.24) is 25.3 Å². The van der Waals surface area contributed by atoms with Crippen LogP contribution in [-0.2, 0) is 30.8 Å². The van der Waals surface area contributed by atoms with Gasteiger partial charge in [-0.3, -0.25) is 9.59 Å². The van der Waals surface area contributed by atoms with Crippen LogP contribution < -0.4 is 26.4 Å². The molecule has 53 heavy (non-hydrogen) atoms. The van der Waals surface area contributed by atoms with Crippen molar-refractivity contribution < 1.29 is 27.5 Å². The number of aryl methyl sites for hydroxylation is 1. The second kappa shape index (κ2) is 15.6. The molecule has 2 aliphatic rings. The quantitative estimate of drug-likeness (QED) is 0.114. The highest BCUT2D eigenvalue weighted by Crippen LogP contribution is 2.30. The summed E-state index contributed by atoms with van der Waals surface area (Å²) in [6, 6.07) is 16.9. The number of carbonyl (C=O) groups is 3. The zero-order valence-electron chi connectivity index (χ0n) is 30.5. The van der Waals surface area contributed by atoms with E-state index in [2.05, 4.69) is 30.6 Å². The molecule has 1 aromatic heterocycles. The number of carbonyl (C=O) groups excluding carboxylic acids is 3. The van der Waals surface area contributed by atoms with Crippen LogP contribution in [0.3, 0.4) is 0 Å². The third-order valence-corrected chi connectivity index (χ3v) is 11.2. The van der Waals surface area contributed by atoms with Gasteiger partial charge in [0.2, 0.25) is 21.8 Å². The predicted molar refractivity (Wildman–Crippen MR) is 203 cm³/mol. The van der Waals surface area contributed by atoms with Gasteiger partial charge < -0.3 is 30.7 Å². The largest absolute Gasteiger partial charge is 0.444 e. The molecule has 6 N–H and O–H groups in total. The molecule has 0 unspecified atom stereocenters. The molecular weight excluding hydrogens is 697 g/mol. The summed E-state index contributed by atoms with van der Waals surface area (Å²) in [6.07, 6.45) is 4.25. The third-order valence-electron chi connectivity index (χ3n) is 9.68. The number of sulfonamides is 1. The lowest BCUT2D eigenvalue weighted by molar-refractivity contribution is -0.130. The van der Waals surface area contributed by atoms with Gasteiger partial charge in [0.25, 0.3) is 0 Å². The number of fused-ring (bicyclic) bond motifs is 1. The number of amides is 3. The first-order valence-corrected chi connectivity index (χ1v) is 19.6. The van der Waals surface area contributed by atoms with Crippen molar-refractivity contribution in [3.05, 3.63) is 82.3 Å². The molecule has 1 heterocycles. The van der Waals surface area contributed by atoms with E-state index in [9.17, 15) is 27.6 Å². The summed E-state index contributed by atoms with van der Waals surface area (Å²) in [6.45, 7) is 7.79. The molecule has 0 bridgehead atoms. The fraction of sp³-hybridized carbons (Fsp3) is 0.436. The van der Waals surface area contributed by atoms with E-state index in [1.165, 1.54) is 0 Å². The Balaban J connectivity index is 1.13. The van der Waals surface area contributed by atoms with Gasteiger partial charge in [-0.25, -0.2) is 22.7 Å². The van der Waals surface area contributed by atoms with E-state index in [1.54, 1.807) is 36.4 Å². The van der Waals surface area contributed by atoms with Crippen molar-refractivity contribution in [2.24, 2.45) is 11.8 Å². The van der Waals surface area contributed by atoms with Gasteiger partial charge in [0.1, 0.15) is 11.6 Å². The highest BCUT2D eigenvalue weighted by molar-refractivity contribution is 7.89. The van der Waals surface area contributed by atoms with Crippen molar-refractivity contribution in [3.63, 3.8) is 0 Å². The predicted octanol–water partition coefficient (Wildman–Crippen LogP) is 5.27. The first-order valence-electron chi connectivity index (χ1n) is 18.1. The van der Waals surface area contributed by atoms with Crippen molar-refractivity contribution in [2.75, 3.05) is 11.9 Å². The Morgan fingerprint density at radius 2 is 1.58 bits per heavy atom. The van der Waals surface area contributed by atoms with E-state index in [1.807, 2.05) is 52.0 Å². The van der Waals surface area contributed by atoms with Crippen LogP contribution in [0.1, 0.15) is 70.4 Å². The number of hydrogen-bond donors (Lipinski definition) is 6. The number of ether oxygens (including phenoxy) is 1. The number of alkyl carbamates (subject to hydrolysis) is 1. The van der Waals surface area contributed by atoms with Crippen molar-refractivity contribution in [3.8, 4) is 11.1 Å². The molecule has 6 rings (SSSR count). The minimum atomic E-state index is -3.57. The van der Waals surface area contributed by atoms with E-state index in [4.69, 9.17) is 4.74 Å². The fourth-order valence-corrected chi connectivity index (χ4v) is 8.07. The van der Waals surface area contributed by atoms with Gasteiger partial charge in [-0.1, -0.05) is 30.3 Å². The minimum absolute atomic E-state index is 0.0198. The van der Waals surface area contributed by atoms with Crippen LogP contribution in [-0.4, -0.2) is 60.5 Å². The molecule has 4 aromatic rings. The first kappa shape index (κ1) is 37.8. The lowest BCUT2D eigenvalue weighted by atomic mass is 9.81. The van der Waals surface area contributed by atoms with E-state index < -0.39 is 33.7 Å². The number of H-pyrrole nitrogens is 2. The SMILES string of the molecule is Cc1cc(S(=O)(=O)NC2CC2)ccc1-c1ccc(C[C@H](NC(=O)[C@H]2CC[C@H](CNC(=O)OC(C)(C)C)CC2)C(=O)Nc2ccc3[nH]c(=O)[nH]c3c2)cc1. The summed E-state index contributed by atoms with van der Waals surface area (Å²) in [5.74, 6) is -0.654. The van der Waals surface area contributed by atoms with E-state index in [0.717, 1.165) is 47.9 Å². The van der Waals surface area contributed by atoms with Gasteiger partial charge in [0.15, 0.2) is 0 Å². The van der Waals surface area contributed by atoms with Crippen LogP contribution in [0.15, 0.2) is 70.4 Å². The van der Waals surface area contributed by atoms with Gasteiger partial charge in [0, 0.05) is 30.6 Å². The second-order valence-electron chi connectivity index (χ2n) is 15.3. The number of rotatable bonds is 12. The van der Waals surface area contributed by atoms with Gasteiger partial charge >= 0.3 is 11.8 Å². The molecule has 0 spiro atoms. The normalized spacial score (nSPS) is 18.3. The van der Waals surface area contributed by atoms with Crippen molar-refractivity contribution in [1.29, 1.82) is 0 Å². The Morgan fingerprint density at radius 1 is 0.887 bits per heavy atom. The fourth-order valence-electron chi connectivity index (χ4n) is 6.68. The van der Waals surface area contributed by atoms with Crippen LogP contribution in [0, 0.1) is 18.8 Å². The van der Waals surface area contributed by atoms with Crippen molar-refractivity contribution in [2.45, 2.75) is 95.2 Å². The topological polar surface area (TPSA) is 191 Å². The summed E-state index contributed by atoms with van der Waals surface area (Å²) in [4.78, 5) is 56.9. The average molecular weight is 745 g/mol. The maximum absolute atomic E-state index is 13.8. The molecule has 2 saturated carbocycles. The molecule has 1 atom stereocenters. The number of aromatic nitrogens is 2. The van der Waals surface area contributed by atoms with E-state index >= 15 is 0 Å². The molecule has 3 amide bonds. The Kier molecular flexibility index (Phi) is 11.1. The third kappa shape index (κ3) is 10.1. The van der Waals surface area contributed by atoms with E-state index in [-0.39, 0.29) is 40.8 Å². The minimum Gasteiger partial charge on any atom is -0.444 e. The Morgan fingerprint density at radius 3 is 2.25 bits per heavy atom. The highest BCUT2D eigenvalue weighted by Gasteiger charge is 2.31. The summed E-state index contributed by atoms with van der Waals surface area (Å²) in [5, 5.41) is 8.75. The van der Waals surface area contributed by atoms with Crippen LogP contribution in [0.2, 0.25) is 0 Å². The molecule has 14 heteroatoms.